The van der Waals surface area contributed by atoms with E-state index in [2.05, 4.69) is 69.9 Å². The fourth-order valence-electron chi connectivity index (χ4n) is 3.31. The lowest BCUT2D eigenvalue weighted by Gasteiger charge is -2.33. The molecule has 1 aromatic rings. The normalized spacial score (nSPS) is 25.6. The predicted molar refractivity (Wildman–Crippen MR) is 88.8 cm³/mol. The summed E-state index contributed by atoms with van der Waals surface area (Å²) in [6.45, 7) is 8.66. The number of ether oxygens (including phenoxy) is 1. The molecule has 1 aromatic heterocycles. The Morgan fingerprint density at radius 2 is 2.00 bits per heavy atom. The third-order valence-electron chi connectivity index (χ3n) is 3.99. The average molecular weight is 406 g/mol. The van der Waals surface area contributed by atoms with Crippen LogP contribution < -0.4 is 5.32 Å². The van der Waals surface area contributed by atoms with Gasteiger partial charge in [-0.25, -0.2) is 0 Å². The molecule has 1 fully saturated rings. The van der Waals surface area contributed by atoms with Crippen molar-refractivity contribution in [3.63, 3.8) is 0 Å². The van der Waals surface area contributed by atoms with Gasteiger partial charge in [-0.15, -0.1) is 0 Å². The van der Waals surface area contributed by atoms with Crippen molar-refractivity contribution in [1.82, 2.24) is 10.3 Å². The summed E-state index contributed by atoms with van der Waals surface area (Å²) in [5.74, 6) is 0.368. The number of hydrogen-bond acceptors (Lipinski definition) is 3. The van der Waals surface area contributed by atoms with Crippen molar-refractivity contribution in [2.75, 3.05) is 7.05 Å². The summed E-state index contributed by atoms with van der Waals surface area (Å²) in [6, 6.07) is 2.20. The molecule has 2 rings (SSSR count). The number of hydrogen-bond donors (Lipinski definition) is 1. The lowest BCUT2D eigenvalue weighted by atomic mass is 9.80. The summed E-state index contributed by atoms with van der Waals surface area (Å²) in [6.07, 6.45) is 2.86. The van der Waals surface area contributed by atoms with Crippen molar-refractivity contribution >= 4 is 31.9 Å². The molecule has 0 bridgehead atoms. The summed E-state index contributed by atoms with van der Waals surface area (Å²) in [7, 11) is 1.99. The molecule has 0 amide bonds. The van der Waals surface area contributed by atoms with Gasteiger partial charge in [0.1, 0.15) is 0 Å². The summed E-state index contributed by atoms with van der Waals surface area (Å²) in [5.41, 5.74) is 0.770. The van der Waals surface area contributed by atoms with Crippen LogP contribution in [0.25, 0.3) is 0 Å². The Kier molecular flexibility index (Phi) is 4.65. The van der Waals surface area contributed by atoms with E-state index in [0.717, 1.165) is 21.1 Å². The van der Waals surface area contributed by atoms with E-state index in [1.807, 2.05) is 19.3 Å². The minimum Gasteiger partial charge on any atom is -0.369 e. The Hall–Kier alpha value is 0.0300. The maximum absolute atomic E-state index is 6.22. The van der Waals surface area contributed by atoms with E-state index in [0.29, 0.717) is 5.92 Å². The molecule has 1 saturated heterocycles. The third-order valence-corrected chi connectivity index (χ3v) is 5.06. The largest absolute Gasteiger partial charge is 0.369 e. The van der Waals surface area contributed by atoms with E-state index in [4.69, 9.17) is 4.74 Å². The van der Waals surface area contributed by atoms with Gasteiger partial charge in [0.15, 0.2) is 0 Å². The van der Waals surface area contributed by atoms with Crippen LogP contribution >= 0.6 is 31.9 Å². The Balaban J connectivity index is 2.37. The first-order valence-corrected chi connectivity index (χ1v) is 8.43. The van der Waals surface area contributed by atoms with Gasteiger partial charge in [-0.1, -0.05) is 0 Å². The maximum atomic E-state index is 6.22. The molecule has 0 radical (unpaired) electrons. The van der Waals surface area contributed by atoms with E-state index in [1.54, 1.807) is 0 Å². The predicted octanol–water partition coefficient (Wildman–Crippen LogP) is 4.46. The standard InChI is InChI=1S/C15H22Br2N2O/c1-14(2)7-10(15(3,4)20-14)12(18-5)13-11(17)6-9(16)8-19-13/h6,8,10,12,18H,7H2,1-5H3. The first-order valence-electron chi connectivity index (χ1n) is 6.85. The van der Waals surface area contributed by atoms with Crippen molar-refractivity contribution in [3.8, 4) is 0 Å². The van der Waals surface area contributed by atoms with Gasteiger partial charge in [-0.3, -0.25) is 4.98 Å². The highest BCUT2D eigenvalue weighted by molar-refractivity contribution is 9.11. The molecule has 112 valence electrons. The number of pyridine rings is 1. The highest BCUT2D eigenvalue weighted by Gasteiger charge is 2.49. The van der Waals surface area contributed by atoms with Gasteiger partial charge >= 0.3 is 0 Å². The molecule has 0 aliphatic carbocycles. The number of nitrogens with zero attached hydrogens (tertiary/aromatic N) is 1. The van der Waals surface area contributed by atoms with Gasteiger partial charge in [-0.05, 0) is 79.1 Å². The number of halogens is 2. The van der Waals surface area contributed by atoms with Gasteiger partial charge < -0.3 is 10.1 Å². The van der Waals surface area contributed by atoms with E-state index in [1.165, 1.54) is 0 Å². The van der Waals surface area contributed by atoms with Crippen LogP contribution in [0.5, 0.6) is 0 Å². The summed E-state index contributed by atoms with van der Waals surface area (Å²) in [4.78, 5) is 4.60. The second kappa shape index (κ2) is 5.67. The van der Waals surface area contributed by atoms with E-state index in [9.17, 15) is 0 Å². The molecule has 2 unspecified atom stereocenters. The molecule has 1 N–H and O–H groups in total. The van der Waals surface area contributed by atoms with Crippen LogP contribution in [0.15, 0.2) is 21.2 Å². The number of nitrogens with one attached hydrogen (secondary N) is 1. The fourth-order valence-corrected chi connectivity index (χ4v) is 4.54. The van der Waals surface area contributed by atoms with Crippen molar-refractivity contribution in [1.29, 1.82) is 0 Å². The highest BCUT2D eigenvalue weighted by Crippen LogP contribution is 2.48. The molecule has 1 aliphatic heterocycles. The topological polar surface area (TPSA) is 34.2 Å². The molecular weight excluding hydrogens is 384 g/mol. The van der Waals surface area contributed by atoms with Crippen LogP contribution in [-0.2, 0) is 4.74 Å². The van der Waals surface area contributed by atoms with E-state index >= 15 is 0 Å². The first-order chi connectivity index (χ1) is 9.16. The van der Waals surface area contributed by atoms with Gasteiger partial charge in [-0.2, -0.15) is 0 Å². The molecule has 3 nitrogen and oxygen atoms in total. The van der Waals surface area contributed by atoms with Crippen LogP contribution in [0.4, 0.5) is 0 Å². The van der Waals surface area contributed by atoms with Gasteiger partial charge in [0, 0.05) is 21.1 Å². The lowest BCUT2D eigenvalue weighted by Crippen LogP contribution is -2.37. The number of aromatic nitrogens is 1. The maximum Gasteiger partial charge on any atom is 0.0719 e. The van der Waals surface area contributed by atoms with Crippen LogP contribution in [0.2, 0.25) is 0 Å². The lowest BCUT2D eigenvalue weighted by molar-refractivity contribution is -0.0778. The molecule has 0 spiro atoms. The van der Waals surface area contributed by atoms with Crippen molar-refractivity contribution < 1.29 is 4.74 Å². The number of rotatable bonds is 3. The zero-order valence-electron chi connectivity index (χ0n) is 12.6. The van der Waals surface area contributed by atoms with Crippen LogP contribution in [0, 0.1) is 5.92 Å². The monoisotopic (exact) mass is 404 g/mol. The van der Waals surface area contributed by atoms with E-state index < -0.39 is 0 Å². The quantitative estimate of drug-likeness (QED) is 0.805. The Bertz CT molecular complexity index is 503. The van der Waals surface area contributed by atoms with Gasteiger partial charge in [0.25, 0.3) is 0 Å². The minimum atomic E-state index is -0.175. The minimum absolute atomic E-state index is 0.0922. The SMILES string of the molecule is CNC(c1ncc(Br)cc1Br)C1CC(C)(C)OC1(C)C. The Labute approximate surface area is 138 Å². The van der Waals surface area contributed by atoms with Crippen molar-refractivity contribution in [3.05, 3.63) is 26.9 Å². The van der Waals surface area contributed by atoms with Crippen LogP contribution in [0.3, 0.4) is 0 Å². The van der Waals surface area contributed by atoms with E-state index in [-0.39, 0.29) is 17.2 Å². The highest BCUT2D eigenvalue weighted by atomic mass is 79.9. The summed E-state index contributed by atoms with van der Waals surface area (Å²) in [5, 5.41) is 3.43. The fraction of sp³-hybridized carbons (Fsp3) is 0.667. The van der Waals surface area contributed by atoms with Crippen LogP contribution in [-0.4, -0.2) is 23.2 Å². The second-order valence-electron chi connectivity index (χ2n) is 6.56. The first kappa shape index (κ1) is 16.4. The van der Waals surface area contributed by atoms with Gasteiger partial charge in [0.05, 0.1) is 22.9 Å². The Morgan fingerprint density at radius 1 is 1.35 bits per heavy atom. The Morgan fingerprint density at radius 3 is 2.45 bits per heavy atom. The molecule has 0 aromatic carbocycles. The van der Waals surface area contributed by atoms with Gasteiger partial charge in [0.2, 0.25) is 0 Å². The molecule has 0 saturated carbocycles. The van der Waals surface area contributed by atoms with Crippen molar-refractivity contribution in [2.45, 2.75) is 51.4 Å². The molecule has 2 heterocycles. The van der Waals surface area contributed by atoms with Crippen LogP contribution in [0.1, 0.15) is 45.9 Å². The molecule has 5 heteroatoms. The summed E-state index contributed by atoms with van der Waals surface area (Å²) >= 11 is 7.08. The molecule has 20 heavy (non-hydrogen) atoms. The average Bonchev–Trinajstić information content (AvgIpc) is 2.51. The molecule has 2 atom stereocenters. The zero-order valence-corrected chi connectivity index (χ0v) is 15.8. The van der Waals surface area contributed by atoms with Crippen molar-refractivity contribution in [2.24, 2.45) is 5.92 Å². The zero-order chi connectivity index (χ0) is 15.1. The molecule has 1 aliphatic rings. The third kappa shape index (κ3) is 3.26. The molecular formula is C15H22Br2N2O. The smallest absolute Gasteiger partial charge is 0.0719 e. The second-order valence-corrected chi connectivity index (χ2v) is 8.33. The summed E-state index contributed by atoms with van der Waals surface area (Å²) < 4.78 is 8.22.